The molecule has 0 aliphatic carbocycles. The van der Waals surface area contributed by atoms with E-state index in [1.54, 1.807) is 6.07 Å². The lowest BCUT2D eigenvalue weighted by atomic mass is 9.75. The van der Waals surface area contributed by atoms with Crippen LogP contribution in [0.25, 0.3) is 0 Å². The average Bonchev–Trinajstić information content (AvgIpc) is 3.41. The van der Waals surface area contributed by atoms with Crippen LogP contribution in [0.15, 0.2) is 48.5 Å². The number of fused-ring (bicyclic) bond motifs is 7. The predicted molar refractivity (Wildman–Crippen MR) is 101 cm³/mol. The van der Waals surface area contributed by atoms with Crippen molar-refractivity contribution < 1.29 is 23.7 Å². The standard InChI is InChI=1S/C22H18FN3O3/c23-13-7-2-4-9-15(13)26-19(27)17-16-10-5-11-25(16)22(18(17)20(26)28)12-6-1-3-8-14(12)24-21(22)29/h1-4,6-9,16-18H,5,10-11H2,(H,24,29)/p+1/t16-,17+,18-,22-/m0/s1. The van der Waals surface area contributed by atoms with Gasteiger partial charge in [0.05, 0.1) is 17.9 Å². The molecule has 1 unspecified atom stereocenters. The van der Waals surface area contributed by atoms with Crippen LogP contribution in [0.4, 0.5) is 15.8 Å². The molecular formula is C22H19FN3O3+. The minimum absolute atomic E-state index is 0.0294. The number of nitrogens with one attached hydrogen (secondary N) is 2. The highest BCUT2D eigenvalue weighted by molar-refractivity contribution is 6.25. The van der Waals surface area contributed by atoms with E-state index in [2.05, 4.69) is 5.32 Å². The van der Waals surface area contributed by atoms with E-state index < -0.39 is 29.1 Å². The minimum Gasteiger partial charge on any atom is -0.320 e. The Hall–Kier alpha value is -3.06. The summed E-state index contributed by atoms with van der Waals surface area (Å²) in [5, 5.41) is 2.94. The van der Waals surface area contributed by atoms with Gasteiger partial charge in [0, 0.05) is 18.4 Å². The molecule has 2 aromatic rings. The first-order chi connectivity index (χ1) is 14.1. The van der Waals surface area contributed by atoms with Crippen molar-refractivity contribution in [2.24, 2.45) is 11.8 Å². The van der Waals surface area contributed by atoms with Gasteiger partial charge in [-0.05, 0) is 18.2 Å². The van der Waals surface area contributed by atoms with Gasteiger partial charge < -0.3 is 10.2 Å². The Balaban J connectivity index is 1.58. The summed E-state index contributed by atoms with van der Waals surface area (Å²) in [7, 11) is 0. The largest absolute Gasteiger partial charge is 0.320 e. The molecule has 0 aromatic heterocycles. The van der Waals surface area contributed by atoms with E-state index in [1.807, 2.05) is 24.3 Å². The molecule has 4 aliphatic rings. The third-order valence-corrected chi connectivity index (χ3v) is 7.22. The molecule has 2 N–H and O–H groups in total. The number of nitrogens with zero attached hydrogens (tertiary/aromatic N) is 1. The first-order valence-corrected chi connectivity index (χ1v) is 9.96. The Morgan fingerprint density at radius 2 is 1.79 bits per heavy atom. The van der Waals surface area contributed by atoms with Crippen LogP contribution < -0.4 is 15.1 Å². The molecule has 4 heterocycles. The summed E-state index contributed by atoms with van der Waals surface area (Å²) >= 11 is 0. The smallest absolute Gasteiger partial charge is 0.291 e. The van der Waals surface area contributed by atoms with Gasteiger partial charge in [-0.1, -0.05) is 30.3 Å². The Morgan fingerprint density at radius 1 is 1.03 bits per heavy atom. The van der Waals surface area contributed by atoms with E-state index in [9.17, 15) is 18.8 Å². The summed E-state index contributed by atoms with van der Waals surface area (Å²) in [6.07, 6.45) is 1.67. The topological polar surface area (TPSA) is 70.9 Å². The van der Waals surface area contributed by atoms with E-state index in [0.29, 0.717) is 5.69 Å². The maximum Gasteiger partial charge on any atom is 0.291 e. The maximum absolute atomic E-state index is 14.5. The minimum atomic E-state index is -1.13. The van der Waals surface area contributed by atoms with Gasteiger partial charge in [0.25, 0.3) is 5.91 Å². The Labute approximate surface area is 166 Å². The molecule has 1 spiro atoms. The number of hydrogen-bond donors (Lipinski definition) is 2. The van der Waals surface area contributed by atoms with Crippen LogP contribution >= 0.6 is 0 Å². The van der Waals surface area contributed by atoms with Gasteiger partial charge >= 0.3 is 0 Å². The van der Waals surface area contributed by atoms with Crippen LogP contribution in [0.1, 0.15) is 18.4 Å². The van der Waals surface area contributed by atoms with Crippen LogP contribution in [-0.2, 0) is 19.9 Å². The lowest BCUT2D eigenvalue weighted by Gasteiger charge is -2.33. The van der Waals surface area contributed by atoms with Crippen LogP contribution in [0.3, 0.4) is 0 Å². The fraction of sp³-hybridized carbons (Fsp3) is 0.318. The van der Waals surface area contributed by atoms with E-state index >= 15 is 0 Å². The number of benzene rings is 2. The van der Waals surface area contributed by atoms with E-state index in [4.69, 9.17) is 0 Å². The normalized spacial score (nSPS) is 34.5. The van der Waals surface area contributed by atoms with Gasteiger partial charge in [0.2, 0.25) is 17.4 Å². The molecule has 6 rings (SSSR count). The highest BCUT2D eigenvalue weighted by Gasteiger charge is 2.78. The van der Waals surface area contributed by atoms with E-state index in [-0.39, 0.29) is 23.5 Å². The van der Waals surface area contributed by atoms with Crippen LogP contribution in [-0.4, -0.2) is 30.3 Å². The average molecular weight is 392 g/mol. The van der Waals surface area contributed by atoms with Gasteiger partial charge in [0.15, 0.2) is 0 Å². The number of anilines is 2. The number of para-hydroxylation sites is 2. The second-order valence-electron chi connectivity index (χ2n) is 8.30. The summed E-state index contributed by atoms with van der Waals surface area (Å²) in [6.45, 7) is 0.736. The summed E-state index contributed by atoms with van der Waals surface area (Å²) < 4.78 is 14.5. The zero-order valence-electron chi connectivity index (χ0n) is 15.5. The van der Waals surface area contributed by atoms with Crippen molar-refractivity contribution in [2.75, 3.05) is 16.8 Å². The predicted octanol–water partition coefficient (Wildman–Crippen LogP) is 0.840. The summed E-state index contributed by atoms with van der Waals surface area (Å²) in [4.78, 5) is 42.5. The number of carbonyl (C=O) groups excluding carboxylic acids is 3. The van der Waals surface area contributed by atoms with Crippen molar-refractivity contribution in [2.45, 2.75) is 24.4 Å². The fourth-order valence-electron chi connectivity index (χ4n) is 6.29. The molecule has 3 saturated heterocycles. The van der Waals surface area contributed by atoms with E-state index in [1.165, 1.54) is 18.2 Å². The van der Waals surface area contributed by atoms with Crippen molar-refractivity contribution in [1.29, 1.82) is 0 Å². The first kappa shape index (κ1) is 16.9. The molecule has 6 nitrogen and oxygen atoms in total. The molecule has 7 heteroatoms. The Kier molecular flexibility index (Phi) is 3.20. The van der Waals surface area contributed by atoms with Crippen molar-refractivity contribution in [1.82, 2.24) is 0 Å². The first-order valence-electron chi connectivity index (χ1n) is 9.96. The molecule has 29 heavy (non-hydrogen) atoms. The van der Waals surface area contributed by atoms with Crippen LogP contribution in [0, 0.1) is 17.7 Å². The van der Waals surface area contributed by atoms with Crippen LogP contribution in [0.2, 0.25) is 0 Å². The number of halogens is 1. The maximum atomic E-state index is 14.5. The van der Waals surface area contributed by atoms with Gasteiger partial charge in [0.1, 0.15) is 23.7 Å². The molecule has 3 fully saturated rings. The summed E-state index contributed by atoms with van der Waals surface area (Å²) in [5.74, 6) is -3.14. The third kappa shape index (κ3) is 1.82. The highest BCUT2D eigenvalue weighted by Crippen LogP contribution is 2.52. The van der Waals surface area contributed by atoms with Crippen molar-refractivity contribution >= 4 is 29.1 Å². The molecule has 3 amide bonds. The number of rotatable bonds is 1. The molecule has 4 aliphatic heterocycles. The van der Waals surface area contributed by atoms with Crippen LogP contribution in [0.5, 0.6) is 0 Å². The number of amides is 3. The zero-order valence-corrected chi connectivity index (χ0v) is 15.5. The number of hydrogen-bond acceptors (Lipinski definition) is 3. The second kappa shape index (κ2) is 5.51. The number of carbonyl (C=O) groups is 3. The third-order valence-electron chi connectivity index (χ3n) is 7.22. The summed E-state index contributed by atoms with van der Waals surface area (Å²) in [6, 6.07) is 13.1. The SMILES string of the molecule is O=C1[C@H]2[C@@H](C(=O)N1c1ccccc1F)[C@@]1(C(=O)Nc3ccccc31)[NH+]1CCC[C@@H]21. The van der Waals surface area contributed by atoms with Crippen molar-refractivity contribution in [3.63, 3.8) is 0 Å². The highest BCUT2D eigenvalue weighted by atomic mass is 19.1. The van der Waals surface area contributed by atoms with E-state index in [0.717, 1.165) is 34.7 Å². The number of imide groups is 1. The lowest BCUT2D eigenvalue weighted by Crippen LogP contribution is -3.19. The molecule has 2 aromatic carbocycles. The summed E-state index contributed by atoms with van der Waals surface area (Å²) in [5.41, 5.74) is 0.310. The molecule has 5 atom stereocenters. The molecular weight excluding hydrogens is 373 g/mol. The van der Waals surface area contributed by atoms with Gasteiger partial charge in [-0.2, -0.15) is 0 Å². The molecule has 146 valence electrons. The zero-order chi connectivity index (χ0) is 19.9. The van der Waals surface area contributed by atoms with Gasteiger partial charge in [-0.15, -0.1) is 0 Å². The lowest BCUT2D eigenvalue weighted by molar-refractivity contribution is -0.948. The quantitative estimate of drug-likeness (QED) is 0.707. The molecule has 0 radical (unpaired) electrons. The fourth-order valence-corrected chi connectivity index (χ4v) is 6.29. The molecule has 0 saturated carbocycles. The monoisotopic (exact) mass is 392 g/mol. The number of quaternary nitrogens is 1. The second-order valence-corrected chi connectivity index (χ2v) is 8.30. The Morgan fingerprint density at radius 3 is 2.62 bits per heavy atom. The Bertz CT molecular complexity index is 1100. The van der Waals surface area contributed by atoms with Gasteiger partial charge in [-0.25, -0.2) is 9.29 Å². The van der Waals surface area contributed by atoms with Gasteiger partial charge in [-0.3, -0.25) is 14.4 Å². The van der Waals surface area contributed by atoms with Crippen molar-refractivity contribution in [3.8, 4) is 0 Å². The molecule has 0 bridgehead atoms. The van der Waals surface area contributed by atoms with Crippen molar-refractivity contribution in [3.05, 3.63) is 59.9 Å².